The van der Waals surface area contributed by atoms with Crippen LogP contribution in [0.15, 0.2) is 223 Å². The molecule has 284 valence electrons. The second-order valence-corrected chi connectivity index (χ2v) is 15.7. The lowest BCUT2D eigenvalue weighted by Gasteiger charge is -2.16. The molecule has 12 aromatic rings. The highest BCUT2D eigenvalue weighted by atomic mass is 16.3. The monoisotopic (exact) mass is 776 g/mol. The Balaban J connectivity index is 1.09. The van der Waals surface area contributed by atoms with E-state index in [1.165, 1.54) is 43.4 Å². The Kier molecular flexibility index (Phi) is 8.17. The maximum Gasteiger partial charge on any atom is 0.160 e. The van der Waals surface area contributed by atoms with Gasteiger partial charge in [-0.1, -0.05) is 170 Å². The molecule has 10 aromatic carbocycles. The largest absolute Gasteiger partial charge is 0.456 e. The predicted octanol–water partition coefficient (Wildman–Crippen LogP) is 15.8. The minimum Gasteiger partial charge on any atom is -0.456 e. The Morgan fingerprint density at radius 2 is 0.721 bits per heavy atom. The average molecular weight is 777 g/mol. The summed E-state index contributed by atoms with van der Waals surface area (Å²) in [5.41, 5.74) is 13.3. The topological polar surface area (TPSA) is 38.9 Å². The maximum absolute atomic E-state index is 6.27. The van der Waals surface area contributed by atoms with Gasteiger partial charge in [-0.05, 0) is 114 Å². The van der Waals surface area contributed by atoms with Crippen molar-refractivity contribution in [3.63, 3.8) is 0 Å². The van der Waals surface area contributed by atoms with Crippen LogP contribution in [0.1, 0.15) is 0 Å². The van der Waals surface area contributed by atoms with Gasteiger partial charge in [-0.25, -0.2) is 9.97 Å². The van der Waals surface area contributed by atoms with Gasteiger partial charge in [0.1, 0.15) is 11.2 Å². The number of benzene rings is 10. The molecule has 3 nitrogen and oxygen atoms in total. The number of fused-ring (bicyclic) bond motifs is 9. The van der Waals surface area contributed by atoms with Gasteiger partial charge >= 0.3 is 0 Å². The van der Waals surface area contributed by atoms with Crippen LogP contribution in [0.4, 0.5) is 0 Å². The van der Waals surface area contributed by atoms with E-state index in [0.29, 0.717) is 5.82 Å². The standard InChI is InChI=1S/C58H36N2O/c1-3-15-37(16-4-1)54-36-55(60-58(59-54)38-17-5-2-6-18-38)43-32-41(39-28-30-57-53(34-39)51-25-13-14-26-56(51)61-57)31-42(33-43)45-20-8-7-19-44(45)40-27-29-50-48-23-10-9-21-46(48)47-22-11-12-24-49(47)52(50)35-40/h1-36H. The van der Waals surface area contributed by atoms with Gasteiger partial charge in [0.05, 0.1) is 11.4 Å². The Morgan fingerprint density at radius 3 is 1.43 bits per heavy atom. The normalized spacial score (nSPS) is 11.6. The van der Waals surface area contributed by atoms with Crippen molar-refractivity contribution in [2.75, 3.05) is 0 Å². The lowest BCUT2D eigenvalue weighted by molar-refractivity contribution is 0.669. The summed E-state index contributed by atoms with van der Waals surface area (Å²) in [6.07, 6.45) is 0. The summed E-state index contributed by atoms with van der Waals surface area (Å²) in [6, 6.07) is 77.7. The zero-order valence-electron chi connectivity index (χ0n) is 33.1. The van der Waals surface area contributed by atoms with Gasteiger partial charge in [-0.2, -0.15) is 0 Å². The van der Waals surface area contributed by atoms with E-state index in [1.54, 1.807) is 0 Å². The predicted molar refractivity (Wildman–Crippen MR) is 254 cm³/mol. The van der Waals surface area contributed by atoms with Crippen LogP contribution in [0.25, 0.3) is 122 Å². The molecule has 0 aliphatic heterocycles. The second-order valence-electron chi connectivity index (χ2n) is 15.7. The number of hydrogen-bond donors (Lipinski definition) is 0. The average Bonchev–Trinajstić information content (AvgIpc) is 3.72. The third-order valence-corrected chi connectivity index (χ3v) is 12.1. The van der Waals surface area contributed by atoms with E-state index < -0.39 is 0 Å². The molecule has 0 spiro atoms. The maximum atomic E-state index is 6.27. The Morgan fingerprint density at radius 1 is 0.246 bits per heavy atom. The van der Waals surface area contributed by atoms with Crippen molar-refractivity contribution in [3.8, 4) is 67.3 Å². The van der Waals surface area contributed by atoms with Crippen LogP contribution in [0.5, 0.6) is 0 Å². The number of hydrogen-bond acceptors (Lipinski definition) is 3. The second kappa shape index (κ2) is 14.3. The Hall–Kier alpha value is -8.14. The first-order valence-corrected chi connectivity index (χ1v) is 20.7. The highest BCUT2D eigenvalue weighted by Gasteiger charge is 2.17. The van der Waals surface area contributed by atoms with E-state index in [2.05, 4.69) is 182 Å². The molecule has 3 heteroatoms. The van der Waals surface area contributed by atoms with Crippen LogP contribution in [0, 0.1) is 0 Å². The molecule has 12 rings (SSSR count). The van der Waals surface area contributed by atoms with Crippen molar-refractivity contribution in [3.05, 3.63) is 218 Å². The quantitative estimate of drug-likeness (QED) is 0.158. The summed E-state index contributed by atoms with van der Waals surface area (Å²) in [5.74, 6) is 0.687. The zero-order valence-corrected chi connectivity index (χ0v) is 33.1. The highest BCUT2D eigenvalue weighted by molar-refractivity contribution is 6.25. The number of furan rings is 1. The fourth-order valence-electron chi connectivity index (χ4n) is 9.13. The minimum absolute atomic E-state index is 0.687. The van der Waals surface area contributed by atoms with E-state index in [-0.39, 0.29) is 0 Å². The van der Waals surface area contributed by atoms with E-state index in [1.807, 2.05) is 36.4 Å². The molecule has 0 aliphatic rings. The number of para-hydroxylation sites is 1. The first-order chi connectivity index (χ1) is 30.2. The van der Waals surface area contributed by atoms with E-state index in [4.69, 9.17) is 14.4 Å². The van der Waals surface area contributed by atoms with Crippen LogP contribution in [0.3, 0.4) is 0 Å². The molecule has 0 saturated heterocycles. The first-order valence-electron chi connectivity index (χ1n) is 20.7. The fourth-order valence-corrected chi connectivity index (χ4v) is 9.13. The summed E-state index contributed by atoms with van der Waals surface area (Å²) in [6.45, 7) is 0. The summed E-state index contributed by atoms with van der Waals surface area (Å²) in [4.78, 5) is 10.4. The van der Waals surface area contributed by atoms with E-state index in [9.17, 15) is 0 Å². The smallest absolute Gasteiger partial charge is 0.160 e. The van der Waals surface area contributed by atoms with Crippen LogP contribution >= 0.6 is 0 Å². The van der Waals surface area contributed by atoms with Gasteiger partial charge in [0, 0.05) is 27.5 Å². The van der Waals surface area contributed by atoms with Gasteiger partial charge < -0.3 is 4.42 Å². The summed E-state index contributed by atoms with van der Waals surface area (Å²) < 4.78 is 6.27. The van der Waals surface area contributed by atoms with Gasteiger partial charge in [0.15, 0.2) is 5.82 Å². The zero-order chi connectivity index (χ0) is 40.3. The van der Waals surface area contributed by atoms with Crippen molar-refractivity contribution in [1.82, 2.24) is 9.97 Å². The van der Waals surface area contributed by atoms with Crippen LogP contribution in [-0.4, -0.2) is 9.97 Å². The number of nitrogens with zero attached hydrogens (tertiary/aromatic N) is 2. The van der Waals surface area contributed by atoms with Crippen LogP contribution in [0.2, 0.25) is 0 Å². The van der Waals surface area contributed by atoms with E-state index in [0.717, 1.165) is 72.3 Å². The molecule has 0 unspecified atom stereocenters. The Bertz CT molecular complexity index is 3550. The molecule has 0 aliphatic carbocycles. The van der Waals surface area contributed by atoms with Gasteiger partial charge in [-0.15, -0.1) is 0 Å². The first kappa shape index (κ1) is 34.9. The van der Waals surface area contributed by atoms with Crippen molar-refractivity contribution >= 4 is 54.3 Å². The summed E-state index contributed by atoms with van der Waals surface area (Å²) in [7, 11) is 0. The molecular formula is C58H36N2O. The molecule has 2 aromatic heterocycles. The van der Waals surface area contributed by atoms with Crippen LogP contribution in [-0.2, 0) is 0 Å². The SMILES string of the molecule is c1ccc(-c2cc(-c3cc(-c4ccc5oc6ccccc6c5c4)cc(-c4ccccc4-c4ccc5c6ccccc6c6ccccc6c5c4)c3)nc(-c3ccccc3)n2)cc1. The fraction of sp³-hybridized carbons (Fsp3) is 0. The number of aromatic nitrogens is 2. The van der Waals surface area contributed by atoms with Crippen molar-refractivity contribution < 1.29 is 4.42 Å². The third kappa shape index (κ3) is 6.06. The lowest BCUT2D eigenvalue weighted by atomic mass is 9.88. The molecule has 0 radical (unpaired) electrons. The summed E-state index contributed by atoms with van der Waals surface area (Å²) in [5, 5.41) is 9.78. The summed E-state index contributed by atoms with van der Waals surface area (Å²) >= 11 is 0. The van der Waals surface area contributed by atoms with Crippen molar-refractivity contribution in [2.45, 2.75) is 0 Å². The van der Waals surface area contributed by atoms with E-state index >= 15 is 0 Å². The van der Waals surface area contributed by atoms with Crippen LogP contribution < -0.4 is 0 Å². The molecule has 0 fully saturated rings. The third-order valence-electron chi connectivity index (χ3n) is 12.1. The molecule has 61 heavy (non-hydrogen) atoms. The van der Waals surface area contributed by atoms with Gasteiger partial charge in [0.2, 0.25) is 0 Å². The molecule has 2 heterocycles. The van der Waals surface area contributed by atoms with Crippen molar-refractivity contribution in [2.24, 2.45) is 0 Å². The molecular weight excluding hydrogens is 741 g/mol. The number of rotatable bonds is 6. The molecule has 0 bridgehead atoms. The lowest BCUT2D eigenvalue weighted by Crippen LogP contribution is -1.96. The van der Waals surface area contributed by atoms with Gasteiger partial charge in [0.25, 0.3) is 0 Å². The Labute approximate surface area is 352 Å². The minimum atomic E-state index is 0.687. The highest BCUT2D eigenvalue weighted by Crippen LogP contribution is 2.42. The molecule has 0 amide bonds. The van der Waals surface area contributed by atoms with Crippen molar-refractivity contribution in [1.29, 1.82) is 0 Å². The van der Waals surface area contributed by atoms with Gasteiger partial charge in [-0.3, -0.25) is 0 Å². The molecule has 0 saturated carbocycles. The molecule has 0 N–H and O–H groups in total. The molecule has 0 atom stereocenters.